The number of rotatable bonds is 10. The molecule has 0 amide bonds. The summed E-state index contributed by atoms with van der Waals surface area (Å²) >= 11 is 0. The number of unbranched alkanes of at least 4 members (excludes halogenated alkanes) is 2. The second kappa shape index (κ2) is 12.9. The molecule has 0 aliphatic heterocycles. The lowest BCUT2D eigenvalue weighted by atomic mass is 10.2. The lowest BCUT2D eigenvalue weighted by Gasteiger charge is -2.09. The van der Waals surface area contributed by atoms with E-state index in [4.69, 9.17) is 4.11 Å². The van der Waals surface area contributed by atoms with Gasteiger partial charge in [-0.1, -0.05) is 0 Å². The average Bonchev–Trinajstić information content (AvgIpc) is 3.54. The Bertz CT molecular complexity index is 1860. The van der Waals surface area contributed by atoms with E-state index in [0.717, 1.165) is 26.4 Å². The minimum Gasteiger partial charge on any atom is -0.393 e. The molecule has 0 fully saturated rings. The van der Waals surface area contributed by atoms with Crippen molar-refractivity contribution in [1.82, 2.24) is 37.4 Å². The van der Waals surface area contributed by atoms with Gasteiger partial charge in [-0.25, -0.2) is 19.6 Å². The number of carbonyl (C=O) groups is 1. The summed E-state index contributed by atoms with van der Waals surface area (Å²) in [7, 11) is 4.79. The van der Waals surface area contributed by atoms with Crippen LogP contribution >= 0.6 is 0 Å². The van der Waals surface area contributed by atoms with Crippen molar-refractivity contribution in [3.8, 4) is 0 Å². The predicted molar refractivity (Wildman–Crippen MR) is 150 cm³/mol. The van der Waals surface area contributed by atoms with Crippen molar-refractivity contribution in [2.45, 2.75) is 71.6 Å². The first-order chi connectivity index (χ1) is 20.1. The summed E-state index contributed by atoms with van der Waals surface area (Å²) in [5, 5.41) is 9.21. The second-order valence-corrected chi connectivity index (χ2v) is 9.92. The molecule has 1 N–H and O–H groups in total. The van der Waals surface area contributed by atoms with E-state index in [1.165, 1.54) is 29.4 Å². The van der Waals surface area contributed by atoms with Crippen LogP contribution < -0.4 is 22.5 Å². The molecule has 0 saturated carbocycles. The Hall–Kier alpha value is -4.07. The fourth-order valence-corrected chi connectivity index (χ4v) is 4.41. The summed E-state index contributed by atoms with van der Waals surface area (Å²) in [5.74, 6) is 0.0428. The van der Waals surface area contributed by atoms with Crippen LogP contribution in [0.2, 0.25) is 0 Å². The molecular formula is C26H38N8O6. The first-order valence-corrected chi connectivity index (χ1v) is 13.0. The molecule has 4 aromatic heterocycles. The van der Waals surface area contributed by atoms with Gasteiger partial charge in [-0.15, -0.1) is 0 Å². The molecule has 0 aliphatic rings. The number of carbonyl (C=O) groups excluding carboxylic acids is 1. The van der Waals surface area contributed by atoms with Crippen LogP contribution in [0.3, 0.4) is 0 Å². The molecular weight excluding hydrogens is 520 g/mol. The predicted octanol–water partition coefficient (Wildman–Crippen LogP) is 0.178. The van der Waals surface area contributed by atoms with Crippen molar-refractivity contribution in [2.24, 2.45) is 28.1 Å². The fraction of sp³-hybridized carbons (Fsp3) is 0.577. The van der Waals surface area contributed by atoms with Crippen LogP contribution in [0.1, 0.15) is 56.5 Å². The minimum atomic E-state index is -2.56. The molecule has 0 aromatic carbocycles. The maximum atomic E-state index is 12.5. The van der Waals surface area contributed by atoms with Gasteiger partial charge in [-0.05, 0) is 46.0 Å². The second-order valence-electron chi connectivity index (χ2n) is 9.92. The number of aryl methyl sites for hydroxylation is 4. The summed E-state index contributed by atoms with van der Waals surface area (Å²) in [6, 6.07) is 0. The lowest BCUT2D eigenvalue weighted by molar-refractivity contribution is -0.117. The Balaban J connectivity index is 0.000000238. The van der Waals surface area contributed by atoms with E-state index in [1.807, 2.05) is 0 Å². The van der Waals surface area contributed by atoms with E-state index in [0.29, 0.717) is 49.8 Å². The highest BCUT2D eigenvalue weighted by Gasteiger charge is 2.15. The average molecular weight is 562 g/mol. The van der Waals surface area contributed by atoms with Crippen LogP contribution in [0.4, 0.5) is 0 Å². The van der Waals surface area contributed by atoms with E-state index >= 15 is 0 Å². The number of aromatic nitrogens is 8. The van der Waals surface area contributed by atoms with Crippen molar-refractivity contribution in [2.75, 3.05) is 0 Å². The molecule has 0 spiro atoms. The standard InChI is InChI=1S/C13H20N4O3.C13H18N4O3/c2*1-9(18)6-4-5-7-17-12(19)10-11(14-8-15(10)2)16(3)13(17)20/h8-9,18H,4-7H2,1-3H3;8H,4-7H2,1-3H3/i;2D3. The third kappa shape index (κ3) is 6.38. The normalized spacial score (nSPS) is 13.5. The fourth-order valence-electron chi connectivity index (χ4n) is 4.41. The molecule has 4 aromatic rings. The van der Waals surface area contributed by atoms with E-state index in [9.17, 15) is 29.1 Å². The summed E-state index contributed by atoms with van der Waals surface area (Å²) in [4.78, 5) is 68.2. The van der Waals surface area contributed by atoms with Gasteiger partial charge in [0.1, 0.15) is 5.78 Å². The first kappa shape index (κ1) is 26.2. The van der Waals surface area contributed by atoms with Gasteiger partial charge in [0.05, 0.1) is 18.8 Å². The van der Waals surface area contributed by atoms with Crippen molar-refractivity contribution in [3.05, 3.63) is 54.3 Å². The summed E-state index contributed by atoms with van der Waals surface area (Å²) in [6.45, 7) is 1.14. The Morgan fingerprint density at radius 3 is 1.80 bits per heavy atom. The molecule has 4 rings (SSSR count). The number of aliphatic hydroxyl groups excluding tert-OH is 1. The largest absolute Gasteiger partial charge is 0.393 e. The molecule has 0 saturated heterocycles. The zero-order chi connectivity index (χ0) is 32.2. The van der Waals surface area contributed by atoms with Gasteiger partial charge in [0.25, 0.3) is 11.1 Å². The van der Waals surface area contributed by atoms with Gasteiger partial charge >= 0.3 is 11.4 Å². The molecule has 0 bridgehead atoms. The maximum Gasteiger partial charge on any atom is 0.332 e. The molecule has 14 heteroatoms. The highest BCUT2D eigenvalue weighted by atomic mass is 16.3. The first-order valence-electron chi connectivity index (χ1n) is 14.5. The summed E-state index contributed by atoms with van der Waals surface area (Å²) < 4.78 is 29.6. The minimum absolute atomic E-state index is 0.0381. The van der Waals surface area contributed by atoms with E-state index < -0.39 is 18.2 Å². The molecule has 40 heavy (non-hydrogen) atoms. The van der Waals surface area contributed by atoms with Gasteiger partial charge in [-0.3, -0.25) is 27.9 Å². The number of Topliss-reactive ketones (excluding diaryl/α,β-unsaturated/α-hetero) is 1. The van der Waals surface area contributed by atoms with Gasteiger partial charge in [0, 0.05) is 51.7 Å². The topological polar surface area (TPSA) is 161 Å². The highest BCUT2D eigenvalue weighted by Crippen LogP contribution is 2.06. The number of imidazole rings is 2. The lowest BCUT2D eigenvalue weighted by Crippen LogP contribution is -2.39. The number of fused-ring (bicyclic) bond motifs is 2. The van der Waals surface area contributed by atoms with Gasteiger partial charge in [0.2, 0.25) is 0 Å². The molecule has 1 atom stereocenters. The summed E-state index contributed by atoms with van der Waals surface area (Å²) in [6.07, 6.45) is 5.76. The smallest absolute Gasteiger partial charge is 0.332 e. The van der Waals surface area contributed by atoms with E-state index in [1.54, 1.807) is 25.6 Å². The van der Waals surface area contributed by atoms with Crippen molar-refractivity contribution in [3.63, 3.8) is 0 Å². The zero-order valence-electron chi connectivity index (χ0n) is 26.5. The van der Waals surface area contributed by atoms with Crippen molar-refractivity contribution < 1.29 is 14.0 Å². The van der Waals surface area contributed by atoms with E-state index in [-0.39, 0.29) is 40.8 Å². The number of hydrogen-bond acceptors (Lipinski definition) is 8. The Morgan fingerprint density at radius 2 is 1.32 bits per heavy atom. The van der Waals surface area contributed by atoms with Gasteiger partial charge in [0.15, 0.2) is 22.3 Å². The third-order valence-corrected chi connectivity index (χ3v) is 6.65. The van der Waals surface area contributed by atoms with Crippen molar-refractivity contribution >= 4 is 28.1 Å². The molecule has 14 nitrogen and oxygen atoms in total. The molecule has 0 radical (unpaired) electrons. The quantitative estimate of drug-likeness (QED) is 0.268. The van der Waals surface area contributed by atoms with Gasteiger partial charge < -0.3 is 19.0 Å². The SMILES string of the molecule is CC(O)CCCCn1c(=O)c2c(ncn2C)n(C)c1=O.[2H]C([2H])([2H])n1cnc2c1c(=O)n(CCCCC(C)=O)c(=O)n2C. The van der Waals surface area contributed by atoms with Crippen LogP contribution in [0.25, 0.3) is 22.3 Å². The van der Waals surface area contributed by atoms with Crippen LogP contribution in [-0.2, 0) is 46.0 Å². The molecule has 1 unspecified atom stereocenters. The maximum absolute atomic E-state index is 12.5. The number of hydrogen-bond donors (Lipinski definition) is 1. The number of nitrogens with zero attached hydrogens (tertiary/aromatic N) is 8. The highest BCUT2D eigenvalue weighted by molar-refractivity contribution is 5.75. The Labute approximate surface area is 234 Å². The third-order valence-electron chi connectivity index (χ3n) is 6.65. The van der Waals surface area contributed by atoms with Crippen LogP contribution in [0, 0.1) is 0 Å². The number of ketones is 1. The van der Waals surface area contributed by atoms with Crippen LogP contribution in [0.15, 0.2) is 31.8 Å². The molecule has 218 valence electrons. The molecule has 4 heterocycles. The Morgan fingerprint density at radius 1 is 0.850 bits per heavy atom. The zero-order valence-corrected chi connectivity index (χ0v) is 23.5. The summed E-state index contributed by atoms with van der Waals surface area (Å²) in [5.41, 5.74) is -1.14. The monoisotopic (exact) mass is 561 g/mol. The van der Waals surface area contributed by atoms with Crippen LogP contribution in [0.5, 0.6) is 0 Å². The molecule has 0 aliphatic carbocycles. The number of aliphatic hydroxyl groups is 1. The van der Waals surface area contributed by atoms with Crippen LogP contribution in [-0.4, -0.2) is 54.4 Å². The van der Waals surface area contributed by atoms with Crippen molar-refractivity contribution in [1.29, 1.82) is 0 Å². The van der Waals surface area contributed by atoms with Gasteiger partial charge in [-0.2, -0.15) is 0 Å². The Kier molecular flexibility index (Phi) is 8.41. The van der Waals surface area contributed by atoms with E-state index in [2.05, 4.69) is 9.97 Å².